The molecule has 0 fully saturated rings. The second kappa shape index (κ2) is 3.68. The number of rotatable bonds is 1. The van der Waals surface area contributed by atoms with Crippen LogP contribution in [0.3, 0.4) is 0 Å². The summed E-state index contributed by atoms with van der Waals surface area (Å²) in [6, 6.07) is 8.48. The fourth-order valence-corrected chi connectivity index (χ4v) is 2.87. The molecule has 0 aliphatic rings. The molecule has 1 aromatic carbocycles. The third kappa shape index (κ3) is 1.66. The molecule has 0 aliphatic carbocycles. The third-order valence-corrected chi connectivity index (χ3v) is 3.88. The summed E-state index contributed by atoms with van der Waals surface area (Å²) in [4.78, 5) is 8.54. The van der Waals surface area contributed by atoms with E-state index in [4.69, 9.17) is 0 Å². The van der Waals surface area contributed by atoms with E-state index < -0.39 is 0 Å². The highest BCUT2D eigenvalue weighted by Crippen LogP contribution is 2.30. The second-order valence-electron chi connectivity index (χ2n) is 3.35. The number of benzene rings is 1. The van der Waals surface area contributed by atoms with E-state index in [0.717, 1.165) is 25.5 Å². The number of H-pyrrole nitrogens is 1. The van der Waals surface area contributed by atoms with Gasteiger partial charge in [0.1, 0.15) is 11.6 Å². The first-order chi connectivity index (χ1) is 7.72. The number of aromatic amines is 1. The van der Waals surface area contributed by atoms with Gasteiger partial charge < -0.3 is 4.98 Å². The first-order valence-corrected chi connectivity index (χ1v) is 6.24. The van der Waals surface area contributed by atoms with Gasteiger partial charge in [-0.1, -0.05) is 0 Å². The molecule has 3 rings (SSSR count). The highest BCUT2D eigenvalue weighted by molar-refractivity contribution is 9.11. The number of imidazole rings is 1. The summed E-state index contributed by atoms with van der Waals surface area (Å²) in [5, 5.41) is 0. The molecule has 0 atom stereocenters. The number of nitrogens with zero attached hydrogens (tertiary/aromatic N) is 1. The van der Waals surface area contributed by atoms with Crippen molar-refractivity contribution in [3.63, 3.8) is 0 Å². The van der Waals surface area contributed by atoms with E-state index in [0.29, 0.717) is 0 Å². The van der Waals surface area contributed by atoms with Crippen LogP contribution < -0.4 is 0 Å². The molecule has 0 saturated carbocycles. The maximum Gasteiger partial charge on any atom is 0.148 e. The van der Waals surface area contributed by atoms with Gasteiger partial charge in [-0.2, -0.15) is 0 Å². The van der Waals surface area contributed by atoms with E-state index >= 15 is 0 Å². The first kappa shape index (κ1) is 9.99. The highest BCUT2D eigenvalue weighted by Gasteiger charge is 2.07. The molecule has 2 heterocycles. The van der Waals surface area contributed by atoms with E-state index in [1.807, 2.05) is 12.1 Å². The maximum absolute atomic E-state index is 13.0. The Morgan fingerprint density at radius 3 is 2.88 bits per heavy atom. The molecule has 0 aliphatic heterocycles. The van der Waals surface area contributed by atoms with Crippen molar-refractivity contribution < 1.29 is 4.39 Å². The van der Waals surface area contributed by atoms with Crippen LogP contribution in [0, 0.1) is 5.82 Å². The van der Waals surface area contributed by atoms with Crippen LogP contribution in [-0.4, -0.2) is 9.97 Å². The van der Waals surface area contributed by atoms with Gasteiger partial charge in [-0.05, 0) is 46.3 Å². The molecule has 16 heavy (non-hydrogen) atoms. The molecule has 1 N–H and O–H groups in total. The molecule has 0 spiro atoms. The minimum atomic E-state index is -0.255. The molecular formula is C11H6BrFN2S. The van der Waals surface area contributed by atoms with Gasteiger partial charge in [0.05, 0.1) is 19.7 Å². The van der Waals surface area contributed by atoms with Gasteiger partial charge >= 0.3 is 0 Å². The molecule has 2 nitrogen and oxygen atoms in total. The Kier molecular flexibility index (Phi) is 2.29. The Labute approximate surface area is 103 Å². The van der Waals surface area contributed by atoms with Crippen molar-refractivity contribution in [2.24, 2.45) is 0 Å². The summed E-state index contributed by atoms with van der Waals surface area (Å²) >= 11 is 4.99. The average molecular weight is 297 g/mol. The maximum atomic E-state index is 13.0. The van der Waals surface area contributed by atoms with E-state index in [9.17, 15) is 4.39 Å². The van der Waals surface area contributed by atoms with Crippen molar-refractivity contribution in [3.05, 3.63) is 39.9 Å². The zero-order valence-corrected chi connectivity index (χ0v) is 10.4. The Hall–Kier alpha value is -1.20. The van der Waals surface area contributed by atoms with Crippen LogP contribution in [0.2, 0.25) is 0 Å². The lowest BCUT2D eigenvalue weighted by atomic mass is 10.3. The van der Waals surface area contributed by atoms with Crippen molar-refractivity contribution in [1.29, 1.82) is 0 Å². The summed E-state index contributed by atoms with van der Waals surface area (Å²) in [5.74, 6) is 0.520. The Bertz CT molecular complexity index is 659. The first-order valence-electron chi connectivity index (χ1n) is 4.63. The Morgan fingerprint density at radius 1 is 1.25 bits per heavy atom. The number of hydrogen-bond acceptors (Lipinski definition) is 2. The van der Waals surface area contributed by atoms with E-state index in [1.54, 1.807) is 17.4 Å². The zero-order valence-electron chi connectivity index (χ0n) is 8.00. The van der Waals surface area contributed by atoms with Gasteiger partial charge in [0.2, 0.25) is 0 Å². The van der Waals surface area contributed by atoms with Crippen LogP contribution in [0.1, 0.15) is 0 Å². The lowest BCUT2D eigenvalue weighted by Gasteiger charge is -1.87. The number of thiophene rings is 1. The fourth-order valence-electron chi connectivity index (χ4n) is 1.54. The van der Waals surface area contributed by atoms with Crippen molar-refractivity contribution in [2.75, 3.05) is 0 Å². The summed E-state index contributed by atoms with van der Waals surface area (Å²) in [6.45, 7) is 0. The van der Waals surface area contributed by atoms with Crippen LogP contribution in [0.4, 0.5) is 4.39 Å². The standard InChI is InChI=1S/C11H6BrFN2S/c12-10-4-3-9(16-10)11-14-7-2-1-6(13)5-8(7)15-11/h1-5H,(H,14,15). The largest absolute Gasteiger partial charge is 0.337 e. The van der Waals surface area contributed by atoms with Crippen LogP contribution in [0.15, 0.2) is 34.1 Å². The second-order valence-corrected chi connectivity index (χ2v) is 5.81. The Balaban J connectivity index is 2.18. The van der Waals surface area contributed by atoms with Crippen LogP contribution in [0.5, 0.6) is 0 Å². The minimum Gasteiger partial charge on any atom is -0.337 e. The molecule has 2 aromatic heterocycles. The molecule has 0 unspecified atom stereocenters. The zero-order chi connectivity index (χ0) is 11.1. The van der Waals surface area contributed by atoms with Crippen LogP contribution in [0.25, 0.3) is 21.7 Å². The lowest BCUT2D eigenvalue weighted by molar-refractivity contribution is 0.629. The molecule has 3 aromatic rings. The predicted molar refractivity (Wildman–Crippen MR) is 67.1 cm³/mol. The summed E-state index contributed by atoms with van der Waals surface area (Å²) < 4.78 is 14.0. The monoisotopic (exact) mass is 296 g/mol. The van der Waals surface area contributed by atoms with Gasteiger partial charge in [0.25, 0.3) is 0 Å². The number of halogens is 2. The summed E-state index contributed by atoms with van der Waals surface area (Å²) in [7, 11) is 0. The van der Waals surface area contributed by atoms with E-state index in [2.05, 4.69) is 25.9 Å². The number of nitrogens with one attached hydrogen (secondary N) is 1. The topological polar surface area (TPSA) is 28.7 Å². The minimum absolute atomic E-state index is 0.255. The quantitative estimate of drug-likeness (QED) is 0.716. The van der Waals surface area contributed by atoms with Crippen LogP contribution in [-0.2, 0) is 0 Å². The summed E-state index contributed by atoms with van der Waals surface area (Å²) in [6.07, 6.45) is 0. The van der Waals surface area contributed by atoms with E-state index in [1.165, 1.54) is 12.1 Å². The van der Waals surface area contributed by atoms with Crippen molar-refractivity contribution in [3.8, 4) is 10.7 Å². The molecule has 0 saturated heterocycles. The van der Waals surface area contributed by atoms with Crippen molar-refractivity contribution >= 4 is 38.3 Å². The van der Waals surface area contributed by atoms with Gasteiger partial charge in [-0.15, -0.1) is 11.3 Å². The number of hydrogen-bond donors (Lipinski definition) is 1. The smallest absolute Gasteiger partial charge is 0.148 e. The van der Waals surface area contributed by atoms with Gasteiger partial charge in [-0.3, -0.25) is 0 Å². The van der Waals surface area contributed by atoms with E-state index in [-0.39, 0.29) is 5.82 Å². The van der Waals surface area contributed by atoms with Gasteiger partial charge in [0.15, 0.2) is 0 Å². The SMILES string of the molecule is Fc1ccc2nc(-c3ccc(Br)s3)[nH]c2c1. The number of fused-ring (bicyclic) bond motifs is 1. The van der Waals surface area contributed by atoms with Gasteiger partial charge in [0, 0.05) is 0 Å². The molecule has 5 heteroatoms. The summed E-state index contributed by atoms with van der Waals surface area (Å²) in [5.41, 5.74) is 1.50. The molecule has 0 radical (unpaired) electrons. The highest BCUT2D eigenvalue weighted by atomic mass is 79.9. The average Bonchev–Trinajstić information content (AvgIpc) is 2.83. The third-order valence-electron chi connectivity index (χ3n) is 2.25. The molecular weight excluding hydrogens is 291 g/mol. The Morgan fingerprint density at radius 2 is 2.12 bits per heavy atom. The normalized spacial score (nSPS) is 11.1. The molecule has 80 valence electrons. The molecule has 0 bridgehead atoms. The lowest BCUT2D eigenvalue weighted by Crippen LogP contribution is -1.72. The predicted octanol–water partition coefficient (Wildman–Crippen LogP) is 4.19. The fraction of sp³-hybridized carbons (Fsp3) is 0. The van der Waals surface area contributed by atoms with Crippen molar-refractivity contribution in [2.45, 2.75) is 0 Å². The van der Waals surface area contributed by atoms with Crippen LogP contribution >= 0.6 is 27.3 Å². The molecule has 0 amide bonds. The van der Waals surface area contributed by atoms with Crippen molar-refractivity contribution in [1.82, 2.24) is 9.97 Å². The number of aromatic nitrogens is 2. The van der Waals surface area contributed by atoms with Gasteiger partial charge in [-0.25, -0.2) is 9.37 Å².